The summed E-state index contributed by atoms with van der Waals surface area (Å²) in [6.45, 7) is 7.62. The number of rotatable bonds is 4. The molecule has 0 amide bonds. The van der Waals surface area contributed by atoms with Gasteiger partial charge in [0.2, 0.25) is 0 Å². The second-order valence-electron chi connectivity index (χ2n) is 4.57. The fourth-order valence-corrected chi connectivity index (χ4v) is 2.21. The van der Waals surface area contributed by atoms with E-state index < -0.39 is 0 Å². The van der Waals surface area contributed by atoms with E-state index in [0.29, 0.717) is 0 Å². The summed E-state index contributed by atoms with van der Waals surface area (Å²) < 4.78 is 11.2. The molecule has 0 unspecified atom stereocenters. The van der Waals surface area contributed by atoms with Gasteiger partial charge in [0.25, 0.3) is 0 Å². The molecule has 0 atom stereocenters. The molecule has 1 aromatic rings. The minimum Gasteiger partial charge on any atom is -0.465 e. The van der Waals surface area contributed by atoms with Crippen molar-refractivity contribution in [3.63, 3.8) is 0 Å². The topological polar surface area (TPSA) is 37.6 Å². The van der Waals surface area contributed by atoms with E-state index in [9.17, 15) is 0 Å². The van der Waals surface area contributed by atoms with Gasteiger partial charge in [0, 0.05) is 31.8 Å². The molecule has 0 aliphatic carbocycles. The van der Waals surface area contributed by atoms with Crippen LogP contribution in [-0.2, 0) is 17.8 Å². The quantitative estimate of drug-likeness (QED) is 0.863. The lowest BCUT2D eigenvalue weighted by molar-refractivity contribution is 0.139. The lowest BCUT2D eigenvalue weighted by atomic mass is 10.2. The average molecular weight is 238 g/mol. The van der Waals surface area contributed by atoms with Crippen molar-refractivity contribution in [1.82, 2.24) is 10.2 Å². The van der Waals surface area contributed by atoms with Crippen LogP contribution in [-0.4, -0.2) is 38.3 Å². The van der Waals surface area contributed by atoms with Gasteiger partial charge in [0.15, 0.2) is 0 Å². The van der Waals surface area contributed by atoms with Gasteiger partial charge in [-0.05, 0) is 26.5 Å². The highest BCUT2D eigenvalue weighted by Crippen LogP contribution is 2.16. The predicted molar refractivity (Wildman–Crippen MR) is 66.9 cm³/mol. The lowest BCUT2D eigenvalue weighted by Gasteiger charge is -2.16. The van der Waals surface area contributed by atoms with Crippen LogP contribution in [0.1, 0.15) is 23.5 Å². The number of ether oxygens (including phenoxy) is 1. The van der Waals surface area contributed by atoms with Gasteiger partial charge in [0.05, 0.1) is 13.2 Å². The van der Waals surface area contributed by atoms with Gasteiger partial charge in [-0.1, -0.05) is 0 Å². The van der Waals surface area contributed by atoms with E-state index in [1.165, 1.54) is 5.56 Å². The molecule has 0 saturated carbocycles. The number of hydrogen-bond donors (Lipinski definition) is 1. The Labute approximate surface area is 103 Å². The molecule has 2 rings (SSSR count). The van der Waals surface area contributed by atoms with E-state index in [0.717, 1.165) is 57.3 Å². The summed E-state index contributed by atoms with van der Waals surface area (Å²) in [6.07, 6.45) is 1.11. The van der Waals surface area contributed by atoms with Crippen molar-refractivity contribution in [2.24, 2.45) is 0 Å². The molecule has 0 bridgehead atoms. The molecular weight excluding hydrogens is 216 g/mol. The zero-order chi connectivity index (χ0) is 12.1. The van der Waals surface area contributed by atoms with Crippen LogP contribution in [0.25, 0.3) is 0 Å². The molecule has 1 N–H and O–H groups in total. The molecule has 1 saturated heterocycles. The number of nitrogens with one attached hydrogen (secondary N) is 1. The third-order valence-corrected chi connectivity index (χ3v) is 3.13. The van der Waals surface area contributed by atoms with Crippen LogP contribution < -0.4 is 5.32 Å². The Morgan fingerprint density at radius 2 is 2.24 bits per heavy atom. The van der Waals surface area contributed by atoms with E-state index in [1.54, 1.807) is 0 Å². The van der Waals surface area contributed by atoms with Crippen molar-refractivity contribution in [3.05, 3.63) is 23.2 Å². The summed E-state index contributed by atoms with van der Waals surface area (Å²) in [6, 6.07) is 2.16. The molecule has 96 valence electrons. The minimum absolute atomic E-state index is 0.836. The van der Waals surface area contributed by atoms with Crippen molar-refractivity contribution in [1.29, 1.82) is 0 Å². The summed E-state index contributed by atoms with van der Waals surface area (Å²) in [4.78, 5) is 2.40. The Kier molecular flexibility index (Phi) is 4.59. The fraction of sp³-hybridized carbons (Fsp3) is 0.692. The highest BCUT2D eigenvalue weighted by Gasteiger charge is 2.13. The van der Waals surface area contributed by atoms with Gasteiger partial charge in [-0.2, -0.15) is 0 Å². The van der Waals surface area contributed by atoms with Gasteiger partial charge in [-0.15, -0.1) is 0 Å². The maximum Gasteiger partial charge on any atom is 0.118 e. The van der Waals surface area contributed by atoms with Gasteiger partial charge >= 0.3 is 0 Å². The first-order chi connectivity index (χ1) is 8.29. The zero-order valence-corrected chi connectivity index (χ0v) is 10.8. The molecular formula is C13H22N2O2. The van der Waals surface area contributed by atoms with E-state index >= 15 is 0 Å². The van der Waals surface area contributed by atoms with Crippen LogP contribution in [0.15, 0.2) is 10.5 Å². The minimum atomic E-state index is 0.836. The van der Waals surface area contributed by atoms with Crippen LogP contribution >= 0.6 is 0 Å². The molecule has 4 heteroatoms. The molecule has 1 aromatic heterocycles. The number of hydrogen-bond acceptors (Lipinski definition) is 4. The summed E-state index contributed by atoms with van der Waals surface area (Å²) in [7, 11) is 1.96. The summed E-state index contributed by atoms with van der Waals surface area (Å²) in [5.74, 6) is 2.09. The van der Waals surface area contributed by atoms with E-state index in [1.807, 2.05) is 14.0 Å². The van der Waals surface area contributed by atoms with Crippen LogP contribution in [0.3, 0.4) is 0 Å². The summed E-state index contributed by atoms with van der Waals surface area (Å²) in [5, 5.41) is 3.16. The molecule has 4 nitrogen and oxygen atoms in total. The van der Waals surface area contributed by atoms with Crippen LogP contribution in [0, 0.1) is 6.92 Å². The second-order valence-corrected chi connectivity index (χ2v) is 4.57. The van der Waals surface area contributed by atoms with Crippen molar-refractivity contribution in [3.8, 4) is 0 Å². The Bertz CT molecular complexity index is 341. The van der Waals surface area contributed by atoms with E-state index in [4.69, 9.17) is 9.15 Å². The molecule has 1 aliphatic heterocycles. The molecule has 0 spiro atoms. The molecule has 2 heterocycles. The number of nitrogens with zero attached hydrogens (tertiary/aromatic N) is 1. The second kappa shape index (κ2) is 6.19. The lowest BCUT2D eigenvalue weighted by Crippen LogP contribution is -2.25. The van der Waals surface area contributed by atoms with Gasteiger partial charge in [-0.3, -0.25) is 4.90 Å². The molecule has 17 heavy (non-hydrogen) atoms. The molecule has 1 fully saturated rings. The molecule has 1 aliphatic rings. The average Bonchev–Trinajstić information content (AvgIpc) is 2.54. The predicted octanol–water partition coefficient (Wildman–Crippen LogP) is 1.53. The highest BCUT2D eigenvalue weighted by molar-refractivity contribution is 5.20. The Hall–Kier alpha value is -0.840. The first-order valence-corrected chi connectivity index (χ1v) is 6.32. The van der Waals surface area contributed by atoms with Gasteiger partial charge in [0.1, 0.15) is 11.5 Å². The molecule has 0 aromatic carbocycles. The Balaban J connectivity index is 1.95. The number of aryl methyl sites for hydroxylation is 1. The Morgan fingerprint density at radius 1 is 1.35 bits per heavy atom. The summed E-state index contributed by atoms with van der Waals surface area (Å²) >= 11 is 0. The fourth-order valence-electron chi connectivity index (χ4n) is 2.21. The van der Waals surface area contributed by atoms with Crippen LogP contribution in [0.5, 0.6) is 0 Å². The Morgan fingerprint density at radius 3 is 3.06 bits per heavy atom. The summed E-state index contributed by atoms with van der Waals surface area (Å²) in [5.41, 5.74) is 1.26. The first-order valence-electron chi connectivity index (χ1n) is 6.32. The molecule has 0 radical (unpaired) electrons. The number of furan rings is 1. The maximum atomic E-state index is 5.79. The van der Waals surface area contributed by atoms with E-state index in [2.05, 4.69) is 16.3 Å². The third kappa shape index (κ3) is 3.56. The highest BCUT2D eigenvalue weighted by atomic mass is 16.5. The van der Waals surface area contributed by atoms with Crippen molar-refractivity contribution < 1.29 is 9.15 Å². The maximum absolute atomic E-state index is 5.79. The zero-order valence-electron chi connectivity index (χ0n) is 10.8. The standard InChI is InChI=1S/C13H22N2O2/c1-11-12(9-14-2)8-13(17-11)10-15-4-3-6-16-7-5-15/h8,14H,3-7,9-10H2,1-2H3. The van der Waals surface area contributed by atoms with Gasteiger partial charge < -0.3 is 14.5 Å². The normalized spacial score (nSPS) is 18.2. The van der Waals surface area contributed by atoms with Crippen LogP contribution in [0.2, 0.25) is 0 Å². The van der Waals surface area contributed by atoms with Crippen molar-refractivity contribution in [2.45, 2.75) is 26.4 Å². The van der Waals surface area contributed by atoms with Crippen molar-refractivity contribution in [2.75, 3.05) is 33.4 Å². The smallest absolute Gasteiger partial charge is 0.118 e. The monoisotopic (exact) mass is 238 g/mol. The van der Waals surface area contributed by atoms with Gasteiger partial charge in [-0.25, -0.2) is 0 Å². The first kappa shape index (κ1) is 12.6. The van der Waals surface area contributed by atoms with Crippen molar-refractivity contribution >= 4 is 0 Å². The van der Waals surface area contributed by atoms with Crippen LogP contribution in [0.4, 0.5) is 0 Å². The largest absolute Gasteiger partial charge is 0.465 e. The van der Waals surface area contributed by atoms with E-state index in [-0.39, 0.29) is 0 Å². The SMILES string of the molecule is CNCc1cc(CN2CCCOCC2)oc1C. The third-order valence-electron chi connectivity index (χ3n) is 3.13.